The SMILES string of the molecule is CC(O)C1(c2cccc(F)c2)CC1. The van der Waals surface area contributed by atoms with Crippen molar-refractivity contribution in [3.8, 4) is 0 Å². The summed E-state index contributed by atoms with van der Waals surface area (Å²) in [7, 11) is 0. The fourth-order valence-electron chi connectivity index (χ4n) is 1.88. The van der Waals surface area contributed by atoms with Crippen LogP contribution in [0, 0.1) is 5.82 Å². The van der Waals surface area contributed by atoms with Gasteiger partial charge in [0.15, 0.2) is 0 Å². The van der Waals surface area contributed by atoms with Crippen molar-refractivity contribution in [3.63, 3.8) is 0 Å². The third-order valence-corrected chi connectivity index (χ3v) is 2.99. The Kier molecular flexibility index (Phi) is 1.88. The van der Waals surface area contributed by atoms with Crippen LogP contribution in [0.2, 0.25) is 0 Å². The number of hydrogen-bond acceptors (Lipinski definition) is 1. The molecule has 13 heavy (non-hydrogen) atoms. The molecule has 2 rings (SSSR count). The zero-order valence-corrected chi connectivity index (χ0v) is 7.63. The molecule has 1 saturated carbocycles. The van der Waals surface area contributed by atoms with Crippen LogP contribution >= 0.6 is 0 Å². The lowest BCUT2D eigenvalue weighted by Gasteiger charge is -2.18. The highest BCUT2D eigenvalue weighted by Gasteiger charge is 2.48. The van der Waals surface area contributed by atoms with E-state index in [1.807, 2.05) is 6.07 Å². The predicted octanol–water partition coefficient (Wildman–Crippen LogP) is 2.24. The smallest absolute Gasteiger partial charge is 0.123 e. The van der Waals surface area contributed by atoms with Crippen LogP contribution in [0.3, 0.4) is 0 Å². The number of hydrogen-bond donors (Lipinski definition) is 1. The maximum Gasteiger partial charge on any atom is 0.123 e. The van der Waals surface area contributed by atoms with Gasteiger partial charge in [-0.1, -0.05) is 12.1 Å². The highest BCUT2D eigenvalue weighted by molar-refractivity contribution is 5.33. The first-order chi connectivity index (χ1) is 6.15. The van der Waals surface area contributed by atoms with Crippen molar-refractivity contribution in [3.05, 3.63) is 35.6 Å². The molecule has 0 spiro atoms. The normalized spacial score (nSPS) is 21.2. The number of aliphatic hydroxyl groups excluding tert-OH is 1. The first-order valence-electron chi connectivity index (χ1n) is 4.59. The van der Waals surface area contributed by atoms with Gasteiger partial charge in [0.25, 0.3) is 0 Å². The van der Waals surface area contributed by atoms with Crippen molar-refractivity contribution in [2.45, 2.75) is 31.3 Å². The van der Waals surface area contributed by atoms with Crippen LogP contribution in [-0.2, 0) is 5.41 Å². The number of rotatable bonds is 2. The van der Waals surface area contributed by atoms with Crippen molar-refractivity contribution in [2.75, 3.05) is 0 Å². The standard InChI is InChI=1S/C11H13FO/c1-8(13)11(5-6-11)9-3-2-4-10(12)7-9/h2-4,7-8,13H,5-6H2,1H3. The highest BCUT2D eigenvalue weighted by atomic mass is 19.1. The molecule has 0 bridgehead atoms. The van der Waals surface area contributed by atoms with E-state index in [0.717, 1.165) is 18.4 Å². The van der Waals surface area contributed by atoms with Gasteiger partial charge in [-0.15, -0.1) is 0 Å². The number of aliphatic hydroxyl groups is 1. The van der Waals surface area contributed by atoms with Crippen LogP contribution < -0.4 is 0 Å². The van der Waals surface area contributed by atoms with E-state index in [1.54, 1.807) is 13.0 Å². The Hall–Kier alpha value is -0.890. The van der Waals surface area contributed by atoms with Crippen molar-refractivity contribution < 1.29 is 9.50 Å². The molecular weight excluding hydrogens is 167 g/mol. The minimum atomic E-state index is -0.380. The molecule has 0 heterocycles. The lowest BCUT2D eigenvalue weighted by Crippen LogP contribution is -2.22. The predicted molar refractivity (Wildman–Crippen MR) is 49.0 cm³/mol. The van der Waals surface area contributed by atoms with E-state index in [2.05, 4.69) is 0 Å². The van der Waals surface area contributed by atoms with Crippen LogP contribution in [-0.4, -0.2) is 11.2 Å². The molecule has 2 heteroatoms. The molecule has 1 fully saturated rings. The summed E-state index contributed by atoms with van der Waals surface area (Å²) in [5.74, 6) is -0.218. The van der Waals surface area contributed by atoms with Gasteiger partial charge in [-0.2, -0.15) is 0 Å². The highest BCUT2D eigenvalue weighted by Crippen LogP contribution is 2.50. The molecule has 1 aliphatic rings. The Morgan fingerprint density at radius 3 is 2.62 bits per heavy atom. The molecule has 1 atom stereocenters. The summed E-state index contributed by atoms with van der Waals surface area (Å²) in [5.41, 5.74) is 0.782. The van der Waals surface area contributed by atoms with Gasteiger partial charge >= 0.3 is 0 Å². The van der Waals surface area contributed by atoms with Crippen LogP contribution in [0.15, 0.2) is 24.3 Å². The molecule has 70 valence electrons. The van der Waals surface area contributed by atoms with Crippen molar-refractivity contribution in [1.82, 2.24) is 0 Å². The number of benzene rings is 1. The zero-order valence-electron chi connectivity index (χ0n) is 7.63. The largest absolute Gasteiger partial charge is 0.392 e. The molecule has 0 saturated heterocycles. The molecule has 0 radical (unpaired) electrons. The Bertz CT molecular complexity index is 316. The Morgan fingerprint density at radius 1 is 1.46 bits per heavy atom. The first kappa shape index (κ1) is 8.70. The third kappa shape index (κ3) is 1.35. The van der Waals surface area contributed by atoms with Gasteiger partial charge in [-0.05, 0) is 37.5 Å². The molecule has 1 N–H and O–H groups in total. The van der Waals surface area contributed by atoms with E-state index in [1.165, 1.54) is 12.1 Å². The Labute approximate surface area is 77.2 Å². The minimum absolute atomic E-state index is 0.151. The van der Waals surface area contributed by atoms with Gasteiger partial charge in [-0.25, -0.2) is 4.39 Å². The molecule has 1 aromatic rings. The maximum atomic E-state index is 12.9. The van der Waals surface area contributed by atoms with Gasteiger partial charge < -0.3 is 5.11 Å². The second-order valence-corrected chi connectivity index (χ2v) is 3.84. The van der Waals surface area contributed by atoms with E-state index in [9.17, 15) is 9.50 Å². The van der Waals surface area contributed by atoms with Gasteiger partial charge in [0.2, 0.25) is 0 Å². The summed E-state index contributed by atoms with van der Waals surface area (Å²) in [6.45, 7) is 1.78. The van der Waals surface area contributed by atoms with E-state index in [4.69, 9.17) is 0 Å². The molecule has 0 amide bonds. The number of halogens is 1. The van der Waals surface area contributed by atoms with E-state index in [-0.39, 0.29) is 17.3 Å². The summed E-state index contributed by atoms with van der Waals surface area (Å²) < 4.78 is 12.9. The van der Waals surface area contributed by atoms with E-state index < -0.39 is 0 Å². The van der Waals surface area contributed by atoms with Gasteiger partial charge in [-0.3, -0.25) is 0 Å². The molecular formula is C11H13FO. The minimum Gasteiger partial charge on any atom is -0.392 e. The van der Waals surface area contributed by atoms with Gasteiger partial charge in [0.1, 0.15) is 5.82 Å². The second-order valence-electron chi connectivity index (χ2n) is 3.84. The molecule has 1 nitrogen and oxygen atoms in total. The average molecular weight is 180 g/mol. The van der Waals surface area contributed by atoms with E-state index in [0.29, 0.717) is 0 Å². The van der Waals surface area contributed by atoms with Gasteiger partial charge in [0, 0.05) is 5.41 Å². The Morgan fingerprint density at radius 2 is 2.15 bits per heavy atom. The summed E-state index contributed by atoms with van der Waals surface area (Å²) in [4.78, 5) is 0. The topological polar surface area (TPSA) is 20.2 Å². The fraction of sp³-hybridized carbons (Fsp3) is 0.455. The molecule has 1 unspecified atom stereocenters. The lowest BCUT2D eigenvalue weighted by molar-refractivity contribution is 0.150. The van der Waals surface area contributed by atoms with Crippen LogP contribution in [0.25, 0.3) is 0 Å². The van der Waals surface area contributed by atoms with Crippen LogP contribution in [0.4, 0.5) is 4.39 Å². The van der Waals surface area contributed by atoms with Crippen molar-refractivity contribution in [2.24, 2.45) is 0 Å². The van der Waals surface area contributed by atoms with Crippen LogP contribution in [0.1, 0.15) is 25.3 Å². The second kappa shape index (κ2) is 2.81. The summed E-state index contributed by atoms with van der Waals surface area (Å²) >= 11 is 0. The molecule has 0 aliphatic heterocycles. The van der Waals surface area contributed by atoms with E-state index >= 15 is 0 Å². The maximum absolute atomic E-state index is 12.9. The van der Waals surface area contributed by atoms with Crippen LogP contribution in [0.5, 0.6) is 0 Å². The summed E-state index contributed by atoms with van der Waals surface area (Å²) in [6.07, 6.45) is 1.55. The quantitative estimate of drug-likeness (QED) is 0.740. The van der Waals surface area contributed by atoms with Gasteiger partial charge in [0.05, 0.1) is 6.10 Å². The first-order valence-corrected chi connectivity index (χ1v) is 4.59. The summed E-state index contributed by atoms with van der Waals surface area (Å²) in [6, 6.07) is 6.55. The third-order valence-electron chi connectivity index (χ3n) is 2.99. The lowest BCUT2D eigenvalue weighted by atomic mass is 9.91. The monoisotopic (exact) mass is 180 g/mol. The Balaban J connectivity index is 2.35. The van der Waals surface area contributed by atoms with Crippen molar-refractivity contribution in [1.29, 1.82) is 0 Å². The molecule has 0 aromatic heterocycles. The van der Waals surface area contributed by atoms with Crippen molar-refractivity contribution >= 4 is 0 Å². The summed E-state index contributed by atoms with van der Waals surface area (Å²) in [5, 5.41) is 9.56. The molecule has 1 aromatic carbocycles. The molecule has 1 aliphatic carbocycles. The fourth-order valence-corrected chi connectivity index (χ4v) is 1.88. The average Bonchev–Trinajstić information content (AvgIpc) is 2.83. The zero-order chi connectivity index (χ0) is 9.47.